The molecule has 0 saturated heterocycles. The first-order valence-corrected chi connectivity index (χ1v) is 12.1. The van der Waals surface area contributed by atoms with E-state index in [-0.39, 0.29) is 10.9 Å². The molecule has 1 aromatic carbocycles. The van der Waals surface area contributed by atoms with E-state index in [1.165, 1.54) is 15.7 Å². The fourth-order valence-corrected chi connectivity index (χ4v) is 4.89. The number of nitrogens with one attached hydrogen (secondary N) is 1. The molecule has 0 spiro atoms. The van der Waals surface area contributed by atoms with Crippen LogP contribution in [-0.4, -0.2) is 34.9 Å². The van der Waals surface area contributed by atoms with Gasteiger partial charge in [-0.05, 0) is 35.9 Å². The second-order valence-electron chi connectivity index (χ2n) is 6.47. The summed E-state index contributed by atoms with van der Waals surface area (Å²) in [6, 6.07) is 10.2. The standard InChI is InChI=1S/C19H14Cl2N4O3S2/c1-30(27,28)19-23-16(15-4-2-3-7-25(15)19)17(26)24-18-22-10-13(29-18)9-11-8-12(20)5-6-14(11)21/h2-8,10H,9H2,1H3,(H,22,24,26). The number of carbonyl (C=O) groups excluding carboxylic acids is 1. The van der Waals surface area contributed by atoms with Crippen LogP contribution in [0.4, 0.5) is 5.13 Å². The van der Waals surface area contributed by atoms with Crippen molar-refractivity contribution in [1.82, 2.24) is 14.4 Å². The number of thiazole rings is 1. The zero-order chi connectivity index (χ0) is 21.5. The molecule has 0 radical (unpaired) electrons. The normalized spacial score (nSPS) is 11.7. The zero-order valence-corrected chi connectivity index (χ0v) is 18.6. The van der Waals surface area contributed by atoms with E-state index < -0.39 is 15.7 Å². The summed E-state index contributed by atoms with van der Waals surface area (Å²) >= 11 is 13.5. The summed E-state index contributed by atoms with van der Waals surface area (Å²) in [7, 11) is -3.62. The first-order chi connectivity index (χ1) is 14.2. The Kier molecular flexibility index (Phi) is 5.54. The third kappa shape index (κ3) is 4.20. The lowest BCUT2D eigenvalue weighted by molar-refractivity contribution is 0.102. The number of anilines is 1. The molecule has 0 aliphatic carbocycles. The predicted molar refractivity (Wildman–Crippen MR) is 118 cm³/mol. The highest BCUT2D eigenvalue weighted by Crippen LogP contribution is 2.27. The van der Waals surface area contributed by atoms with Crippen molar-refractivity contribution < 1.29 is 13.2 Å². The van der Waals surface area contributed by atoms with Crippen molar-refractivity contribution in [2.45, 2.75) is 11.6 Å². The molecule has 7 nitrogen and oxygen atoms in total. The van der Waals surface area contributed by atoms with E-state index >= 15 is 0 Å². The van der Waals surface area contributed by atoms with Crippen LogP contribution in [0.2, 0.25) is 10.0 Å². The van der Waals surface area contributed by atoms with Gasteiger partial charge >= 0.3 is 0 Å². The maximum Gasteiger partial charge on any atom is 0.278 e. The van der Waals surface area contributed by atoms with Crippen molar-refractivity contribution in [1.29, 1.82) is 0 Å². The first-order valence-electron chi connectivity index (χ1n) is 8.59. The Morgan fingerprint density at radius 2 is 2.03 bits per heavy atom. The van der Waals surface area contributed by atoms with Gasteiger partial charge in [0.25, 0.3) is 5.91 Å². The fourth-order valence-electron chi connectivity index (χ4n) is 2.91. The number of nitrogens with zero attached hydrogens (tertiary/aromatic N) is 3. The number of hydrogen-bond donors (Lipinski definition) is 1. The van der Waals surface area contributed by atoms with Crippen molar-refractivity contribution in [3.8, 4) is 0 Å². The second-order valence-corrected chi connectivity index (χ2v) is 10.3. The van der Waals surface area contributed by atoms with E-state index in [9.17, 15) is 13.2 Å². The van der Waals surface area contributed by atoms with Gasteiger partial charge in [-0.15, -0.1) is 11.3 Å². The van der Waals surface area contributed by atoms with Crippen LogP contribution >= 0.6 is 34.5 Å². The number of rotatable bonds is 5. The molecule has 0 aliphatic heterocycles. The summed E-state index contributed by atoms with van der Waals surface area (Å²) in [6.45, 7) is 0. The van der Waals surface area contributed by atoms with Crippen molar-refractivity contribution in [2.24, 2.45) is 0 Å². The van der Waals surface area contributed by atoms with Gasteiger partial charge in [-0.1, -0.05) is 29.3 Å². The molecule has 1 N–H and O–H groups in total. The Morgan fingerprint density at radius 1 is 1.23 bits per heavy atom. The molecule has 4 aromatic rings. The second kappa shape index (κ2) is 7.99. The van der Waals surface area contributed by atoms with Gasteiger partial charge in [0.15, 0.2) is 10.8 Å². The van der Waals surface area contributed by atoms with Gasteiger partial charge in [-0.3, -0.25) is 14.5 Å². The summed E-state index contributed by atoms with van der Waals surface area (Å²) in [6.07, 6.45) is 4.75. The van der Waals surface area contributed by atoms with Gasteiger partial charge in [0.05, 0.1) is 5.52 Å². The van der Waals surface area contributed by atoms with Gasteiger partial charge in [0.1, 0.15) is 0 Å². The molecule has 11 heteroatoms. The maximum absolute atomic E-state index is 12.8. The number of benzene rings is 1. The van der Waals surface area contributed by atoms with E-state index in [1.54, 1.807) is 48.8 Å². The molecule has 3 aromatic heterocycles. The summed E-state index contributed by atoms with van der Waals surface area (Å²) < 4.78 is 25.4. The lowest BCUT2D eigenvalue weighted by atomic mass is 10.1. The lowest BCUT2D eigenvalue weighted by Crippen LogP contribution is -2.12. The van der Waals surface area contributed by atoms with Crippen LogP contribution in [0.15, 0.2) is 53.9 Å². The molecule has 0 unspecified atom stereocenters. The Bertz CT molecular complexity index is 1380. The SMILES string of the molecule is CS(=O)(=O)c1nc(C(=O)Nc2ncc(Cc3cc(Cl)ccc3Cl)s2)c2ccccn12. The third-order valence-corrected chi connectivity index (χ3v) is 6.68. The predicted octanol–water partition coefficient (Wildman–Crippen LogP) is 4.34. The molecule has 0 atom stereocenters. The van der Waals surface area contributed by atoms with Crippen LogP contribution in [0, 0.1) is 0 Å². The van der Waals surface area contributed by atoms with Crippen LogP contribution < -0.4 is 5.32 Å². The van der Waals surface area contributed by atoms with Gasteiger partial charge < -0.3 is 0 Å². The average molecular weight is 481 g/mol. The summed E-state index contributed by atoms with van der Waals surface area (Å²) in [5.74, 6) is -0.546. The molecule has 0 aliphatic rings. The Morgan fingerprint density at radius 3 is 2.80 bits per heavy atom. The number of carbonyl (C=O) groups is 1. The van der Waals surface area contributed by atoms with Crippen LogP contribution in [0.3, 0.4) is 0 Å². The Hall–Kier alpha value is -2.46. The minimum absolute atomic E-state index is 0.00524. The molecule has 0 saturated carbocycles. The maximum atomic E-state index is 12.8. The number of hydrogen-bond acceptors (Lipinski definition) is 6. The van der Waals surface area contributed by atoms with Crippen LogP contribution in [0.5, 0.6) is 0 Å². The number of pyridine rings is 1. The van der Waals surface area contributed by atoms with Crippen molar-refractivity contribution in [3.63, 3.8) is 0 Å². The largest absolute Gasteiger partial charge is 0.296 e. The number of imidazole rings is 1. The average Bonchev–Trinajstić information content (AvgIpc) is 3.29. The summed E-state index contributed by atoms with van der Waals surface area (Å²) in [4.78, 5) is 21.9. The fraction of sp³-hybridized carbons (Fsp3) is 0.105. The zero-order valence-electron chi connectivity index (χ0n) is 15.5. The minimum atomic E-state index is -3.62. The number of aromatic nitrogens is 3. The van der Waals surface area contributed by atoms with Crippen LogP contribution in [0.25, 0.3) is 5.52 Å². The highest BCUT2D eigenvalue weighted by Gasteiger charge is 2.23. The smallest absolute Gasteiger partial charge is 0.278 e. The summed E-state index contributed by atoms with van der Waals surface area (Å²) in [5.41, 5.74) is 1.24. The number of fused-ring (bicyclic) bond motifs is 1. The van der Waals surface area contributed by atoms with E-state index in [0.29, 0.717) is 27.1 Å². The van der Waals surface area contributed by atoms with E-state index in [0.717, 1.165) is 16.7 Å². The van der Waals surface area contributed by atoms with E-state index in [2.05, 4.69) is 15.3 Å². The highest BCUT2D eigenvalue weighted by atomic mass is 35.5. The molecule has 0 bridgehead atoms. The molecule has 1 amide bonds. The lowest BCUT2D eigenvalue weighted by Gasteiger charge is -2.02. The van der Waals surface area contributed by atoms with Crippen molar-refractivity contribution in [2.75, 3.05) is 11.6 Å². The molecule has 3 heterocycles. The minimum Gasteiger partial charge on any atom is -0.296 e. The molecule has 0 fully saturated rings. The molecule has 154 valence electrons. The molecular weight excluding hydrogens is 467 g/mol. The monoisotopic (exact) mass is 480 g/mol. The quantitative estimate of drug-likeness (QED) is 0.458. The molecule has 4 rings (SSSR count). The van der Waals surface area contributed by atoms with Gasteiger partial charge in [0, 0.05) is 40.0 Å². The van der Waals surface area contributed by atoms with Crippen molar-refractivity contribution >= 4 is 60.9 Å². The molecule has 30 heavy (non-hydrogen) atoms. The first kappa shape index (κ1) is 20.8. The number of halogens is 2. The van der Waals surface area contributed by atoms with E-state index in [4.69, 9.17) is 23.2 Å². The van der Waals surface area contributed by atoms with Crippen LogP contribution in [-0.2, 0) is 16.3 Å². The highest BCUT2D eigenvalue weighted by molar-refractivity contribution is 7.90. The van der Waals surface area contributed by atoms with Gasteiger partial charge in [-0.2, -0.15) is 0 Å². The van der Waals surface area contributed by atoms with Gasteiger partial charge in [-0.25, -0.2) is 18.4 Å². The number of sulfone groups is 1. The summed E-state index contributed by atoms with van der Waals surface area (Å²) in [5, 5.41) is 4.03. The van der Waals surface area contributed by atoms with Crippen molar-refractivity contribution in [3.05, 3.63) is 75.0 Å². The third-order valence-electron chi connectivity index (χ3n) is 4.21. The van der Waals surface area contributed by atoms with Gasteiger partial charge in [0.2, 0.25) is 15.0 Å². The Labute approximate surface area is 186 Å². The number of amides is 1. The van der Waals surface area contributed by atoms with E-state index in [1.807, 2.05) is 0 Å². The topological polar surface area (TPSA) is 93.4 Å². The Balaban J connectivity index is 1.59. The molecular formula is C19H14Cl2N4O3S2. The van der Waals surface area contributed by atoms with Crippen LogP contribution in [0.1, 0.15) is 20.9 Å².